The molecule has 0 atom stereocenters. The molecule has 0 aliphatic carbocycles. The van der Waals surface area contributed by atoms with Crippen LogP contribution < -0.4 is 5.73 Å². The molecule has 0 spiro atoms. The van der Waals surface area contributed by atoms with Crippen molar-refractivity contribution >= 4 is 40.4 Å². The Balaban J connectivity index is 0.000000335. The molecule has 256 valence electrons. The van der Waals surface area contributed by atoms with Gasteiger partial charge in [0.1, 0.15) is 35.2 Å². The molecule has 0 aliphatic heterocycles. The van der Waals surface area contributed by atoms with E-state index in [1.807, 2.05) is 0 Å². The molecular formula is C28H16F3N7O12. The number of hydrogen-bond donors (Lipinski definition) is 3. The maximum Gasteiger partial charge on any atom is 0.338 e. The second-order valence-corrected chi connectivity index (χ2v) is 8.63. The first-order valence-corrected chi connectivity index (χ1v) is 12.5. The first kappa shape index (κ1) is 40.0. The first-order valence-electron chi connectivity index (χ1n) is 12.5. The third-order valence-corrected chi connectivity index (χ3v) is 5.41. The molecule has 0 radical (unpaired) electrons. The summed E-state index contributed by atoms with van der Waals surface area (Å²) in [7, 11) is 0. The summed E-state index contributed by atoms with van der Waals surface area (Å²) in [6.45, 7) is 0. The van der Waals surface area contributed by atoms with Crippen molar-refractivity contribution in [1.29, 1.82) is 10.5 Å². The summed E-state index contributed by atoms with van der Waals surface area (Å²) in [5.41, 5.74) is 2.30. The highest BCUT2D eigenvalue weighted by Crippen LogP contribution is 2.23. The number of hydrogen-bond acceptors (Lipinski definition) is 13. The second kappa shape index (κ2) is 18.2. The topological polar surface area (TPSA) is 321 Å². The first-order chi connectivity index (χ1) is 23.3. The lowest BCUT2D eigenvalue weighted by atomic mass is 10.2. The highest BCUT2D eigenvalue weighted by Gasteiger charge is 2.19. The van der Waals surface area contributed by atoms with E-state index in [1.54, 1.807) is 12.1 Å². The van der Waals surface area contributed by atoms with Crippen LogP contribution in [0.25, 0.3) is 0 Å². The van der Waals surface area contributed by atoms with Crippen LogP contribution >= 0.6 is 0 Å². The number of nitrogens with zero attached hydrogens (tertiary/aromatic N) is 6. The fourth-order valence-corrected chi connectivity index (χ4v) is 3.08. The third kappa shape index (κ3) is 11.7. The van der Waals surface area contributed by atoms with Crippen LogP contribution in [0.5, 0.6) is 0 Å². The molecule has 0 bridgehead atoms. The number of anilines is 1. The Morgan fingerprint density at radius 3 is 1.32 bits per heavy atom. The number of nitriles is 2. The lowest BCUT2D eigenvalue weighted by Crippen LogP contribution is -2.01. The van der Waals surface area contributed by atoms with Gasteiger partial charge in [0.15, 0.2) is 0 Å². The van der Waals surface area contributed by atoms with Crippen LogP contribution in [0, 0.1) is 80.6 Å². The Labute approximate surface area is 274 Å². The van der Waals surface area contributed by atoms with Gasteiger partial charge in [-0.3, -0.25) is 40.5 Å². The number of rotatable bonds is 6. The molecule has 4 rings (SSSR count). The monoisotopic (exact) mass is 696 g/mol. The van der Waals surface area contributed by atoms with Crippen molar-refractivity contribution in [2.75, 3.05) is 5.73 Å². The van der Waals surface area contributed by atoms with E-state index in [0.29, 0.717) is 6.07 Å². The molecule has 0 aromatic heterocycles. The molecule has 0 saturated carbocycles. The van der Waals surface area contributed by atoms with Gasteiger partial charge in [-0.2, -0.15) is 10.5 Å². The average molecular weight is 696 g/mol. The maximum atomic E-state index is 12.8. The van der Waals surface area contributed by atoms with Gasteiger partial charge in [0.05, 0.1) is 54.6 Å². The summed E-state index contributed by atoms with van der Waals surface area (Å²) in [4.78, 5) is 58.3. The molecule has 0 unspecified atom stereocenters. The minimum Gasteiger partial charge on any atom is -0.478 e. The predicted octanol–water partition coefficient (Wildman–Crippen LogP) is 5.52. The largest absolute Gasteiger partial charge is 0.478 e. The Hall–Kier alpha value is -8.01. The van der Waals surface area contributed by atoms with Crippen molar-refractivity contribution in [1.82, 2.24) is 0 Å². The van der Waals surface area contributed by atoms with Gasteiger partial charge >= 0.3 is 11.9 Å². The number of benzene rings is 4. The molecule has 0 aliphatic rings. The number of aromatic carboxylic acids is 2. The summed E-state index contributed by atoms with van der Waals surface area (Å²) < 4.78 is 38.1. The molecule has 0 fully saturated rings. The van der Waals surface area contributed by atoms with Crippen molar-refractivity contribution < 1.29 is 52.7 Å². The highest BCUT2D eigenvalue weighted by molar-refractivity contribution is 5.88. The molecule has 22 heteroatoms. The van der Waals surface area contributed by atoms with Gasteiger partial charge in [-0.15, -0.1) is 0 Å². The number of non-ortho nitro benzene ring substituents is 3. The van der Waals surface area contributed by atoms with E-state index in [9.17, 15) is 63.2 Å². The number of halogens is 3. The van der Waals surface area contributed by atoms with Gasteiger partial charge in [-0.25, -0.2) is 22.8 Å². The van der Waals surface area contributed by atoms with E-state index in [1.165, 1.54) is 6.07 Å². The molecule has 0 amide bonds. The number of nitrogen functional groups attached to an aromatic ring is 1. The minimum atomic E-state index is -1.45. The van der Waals surface area contributed by atoms with E-state index in [-0.39, 0.29) is 28.1 Å². The van der Waals surface area contributed by atoms with Crippen molar-refractivity contribution in [3.63, 3.8) is 0 Å². The Bertz CT molecular complexity index is 2080. The number of carboxylic acid groups (broad SMARTS) is 2. The Morgan fingerprint density at radius 1 is 0.580 bits per heavy atom. The lowest BCUT2D eigenvalue weighted by Gasteiger charge is -1.96. The zero-order valence-electron chi connectivity index (χ0n) is 24.3. The Morgan fingerprint density at radius 2 is 0.960 bits per heavy atom. The van der Waals surface area contributed by atoms with Gasteiger partial charge in [0.25, 0.3) is 22.7 Å². The van der Waals surface area contributed by atoms with E-state index in [2.05, 4.69) is 0 Å². The van der Waals surface area contributed by atoms with Gasteiger partial charge in [0, 0.05) is 23.9 Å². The fourth-order valence-electron chi connectivity index (χ4n) is 3.08. The summed E-state index contributed by atoms with van der Waals surface area (Å²) in [5.74, 6) is -5.53. The third-order valence-electron chi connectivity index (χ3n) is 5.41. The fraction of sp³-hybridized carbons (Fsp3) is 0. The normalized spacial score (nSPS) is 9.30. The quantitative estimate of drug-likeness (QED) is 0.127. The summed E-state index contributed by atoms with van der Waals surface area (Å²) in [6.07, 6.45) is 0. The highest BCUT2D eigenvalue weighted by atomic mass is 18.2. The maximum absolute atomic E-state index is 12.8. The number of carbonyl (C=O) groups is 2. The molecule has 4 N–H and O–H groups in total. The average Bonchev–Trinajstić information content (AvgIpc) is 3.04. The van der Waals surface area contributed by atoms with Crippen molar-refractivity contribution in [2.45, 2.75) is 0 Å². The second-order valence-electron chi connectivity index (χ2n) is 8.63. The summed E-state index contributed by atoms with van der Waals surface area (Å²) in [5, 5.41) is 74.4. The predicted molar refractivity (Wildman–Crippen MR) is 160 cm³/mol. The zero-order valence-corrected chi connectivity index (χ0v) is 24.3. The minimum absolute atomic E-state index is 0.194. The van der Waals surface area contributed by atoms with Crippen LogP contribution in [0.3, 0.4) is 0 Å². The number of carboxylic acids is 2. The van der Waals surface area contributed by atoms with Crippen LogP contribution in [0.2, 0.25) is 0 Å². The summed E-state index contributed by atoms with van der Waals surface area (Å²) in [6, 6.07) is 14.7. The van der Waals surface area contributed by atoms with Crippen LogP contribution in [0.15, 0.2) is 72.8 Å². The van der Waals surface area contributed by atoms with Gasteiger partial charge in [-0.05, 0) is 36.4 Å². The smallest absolute Gasteiger partial charge is 0.338 e. The Kier molecular flexibility index (Phi) is 14.6. The molecule has 0 saturated heterocycles. The van der Waals surface area contributed by atoms with Gasteiger partial charge < -0.3 is 15.9 Å². The molecule has 0 heterocycles. The number of nitrogens with two attached hydrogens (primary N) is 1. The van der Waals surface area contributed by atoms with Gasteiger partial charge in [-0.1, -0.05) is 0 Å². The standard InChI is InChI=1S/C7H3FN2O2.C7H4FNO4.C7H6FNO2.C7H3N3O4/c8-7-3-6(10(11)12)2-1-5(7)4-9;8-6-3-4(9(12)13)1-2-5(6)7(10)11;8-6-3-4(9)1-2-5(6)7(10)11;8-4-5-1-2-6(9(11)12)3-7(5)10(13)14/h1-3H;1-3H,(H,10,11);1-3H,9H2,(H,10,11);1-3H/i3*8-1;. The van der Waals surface area contributed by atoms with Crippen molar-refractivity contribution in [3.8, 4) is 12.1 Å². The van der Waals surface area contributed by atoms with E-state index >= 15 is 0 Å². The van der Waals surface area contributed by atoms with Crippen LogP contribution in [0.1, 0.15) is 31.8 Å². The molecule has 4 aromatic rings. The SMILES string of the molecule is N#Cc1ccc([N+](=O)[O-])cc1[18F].N#Cc1ccc([N+](=O)[O-])cc1[N+](=O)[O-].Nc1ccc(C(=O)O)c([18F])c1.O=C(O)c1ccc([N+](=O)[O-])cc1[18F]. The van der Waals surface area contributed by atoms with Crippen molar-refractivity contribution in [3.05, 3.63) is 153 Å². The molecule has 4 aromatic carbocycles. The van der Waals surface area contributed by atoms with E-state index in [4.69, 9.17) is 26.5 Å². The van der Waals surface area contributed by atoms with Crippen molar-refractivity contribution in [2.24, 2.45) is 0 Å². The van der Waals surface area contributed by atoms with E-state index in [0.717, 1.165) is 60.7 Å². The number of nitro groups is 4. The van der Waals surface area contributed by atoms with Gasteiger partial charge in [0.2, 0.25) is 0 Å². The van der Waals surface area contributed by atoms with Crippen LogP contribution in [-0.4, -0.2) is 41.8 Å². The lowest BCUT2D eigenvalue weighted by molar-refractivity contribution is -0.394. The number of nitro benzene ring substituents is 4. The molecule has 50 heavy (non-hydrogen) atoms. The molecule has 19 nitrogen and oxygen atoms in total. The molecular weight excluding hydrogens is 680 g/mol. The van der Waals surface area contributed by atoms with Crippen LogP contribution in [-0.2, 0) is 0 Å². The van der Waals surface area contributed by atoms with E-state index < -0.39 is 71.7 Å². The summed E-state index contributed by atoms with van der Waals surface area (Å²) >= 11 is 0. The zero-order chi connectivity index (χ0) is 38.3. The van der Waals surface area contributed by atoms with Crippen LogP contribution in [0.4, 0.5) is 41.6 Å².